The van der Waals surface area contributed by atoms with Crippen molar-refractivity contribution in [3.63, 3.8) is 0 Å². The van der Waals surface area contributed by atoms with Crippen LogP contribution < -0.4 is 0 Å². The maximum Gasteiger partial charge on any atom is 0.213 e. The van der Waals surface area contributed by atoms with E-state index in [1.165, 1.54) is 5.56 Å². The minimum Gasteiger partial charge on any atom is -0.376 e. The van der Waals surface area contributed by atoms with E-state index in [9.17, 15) is 8.42 Å². The van der Waals surface area contributed by atoms with E-state index in [1.54, 1.807) is 11.2 Å². The minimum absolute atomic E-state index is 0.197. The van der Waals surface area contributed by atoms with Crippen LogP contribution in [0.25, 0.3) is 0 Å². The molecule has 1 aliphatic heterocycles. The fourth-order valence-electron chi connectivity index (χ4n) is 2.45. The van der Waals surface area contributed by atoms with Crippen LogP contribution in [0.1, 0.15) is 25.3 Å². The first-order valence-electron chi connectivity index (χ1n) is 7.21. The maximum atomic E-state index is 11.8. The molecule has 5 heteroatoms. The molecule has 0 radical (unpaired) electrons. The molecule has 1 aromatic rings. The number of hydrogen-bond acceptors (Lipinski definition) is 3. The van der Waals surface area contributed by atoms with Crippen molar-refractivity contribution in [3.05, 3.63) is 35.9 Å². The second kappa shape index (κ2) is 7.20. The van der Waals surface area contributed by atoms with Crippen molar-refractivity contribution in [2.24, 2.45) is 5.92 Å². The summed E-state index contributed by atoms with van der Waals surface area (Å²) in [7, 11) is -3.02. The molecule has 0 aliphatic carbocycles. The Bertz CT molecular complexity index is 493. The van der Waals surface area contributed by atoms with Crippen LogP contribution in [0.2, 0.25) is 0 Å². The number of sulfonamides is 1. The number of hydrogen-bond donors (Lipinski definition) is 0. The molecule has 1 fully saturated rings. The molecule has 20 heavy (non-hydrogen) atoms. The van der Waals surface area contributed by atoms with Crippen molar-refractivity contribution >= 4 is 10.0 Å². The zero-order chi connectivity index (χ0) is 14.4. The van der Waals surface area contributed by atoms with Crippen molar-refractivity contribution in [2.75, 3.05) is 25.4 Å². The van der Waals surface area contributed by atoms with Crippen LogP contribution >= 0.6 is 0 Å². The molecule has 0 saturated carbocycles. The summed E-state index contributed by atoms with van der Waals surface area (Å²) >= 11 is 0. The lowest BCUT2D eigenvalue weighted by Crippen LogP contribution is -2.40. The summed E-state index contributed by atoms with van der Waals surface area (Å²) in [5, 5.41) is 0. The first kappa shape index (κ1) is 15.5. The smallest absolute Gasteiger partial charge is 0.213 e. The van der Waals surface area contributed by atoms with Gasteiger partial charge in [-0.25, -0.2) is 12.7 Å². The summed E-state index contributed by atoms with van der Waals surface area (Å²) in [6, 6.07) is 10.1. The molecule has 0 N–H and O–H groups in total. The second-order valence-corrected chi connectivity index (χ2v) is 7.50. The molecule has 1 aliphatic rings. The average Bonchev–Trinajstić information content (AvgIpc) is 2.49. The van der Waals surface area contributed by atoms with E-state index in [4.69, 9.17) is 4.74 Å². The highest BCUT2D eigenvalue weighted by molar-refractivity contribution is 7.89. The van der Waals surface area contributed by atoms with E-state index in [0.717, 1.165) is 19.4 Å². The van der Waals surface area contributed by atoms with Crippen molar-refractivity contribution in [3.8, 4) is 0 Å². The molecule has 112 valence electrons. The molecular weight excluding hydrogens is 274 g/mol. The minimum atomic E-state index is -3.02. The molecule has 0 atom stereocenters. The number of benzene rings is 1. The van der Waals surface area contributed by atoms with E-state index in [-0.39, 0.29) is 5.75 Å². The van der Waals surface area contributed by atoms with E-state index in [1.807, 2.05) is 18.2 Å². The highest BCUT2D eigenvalue weighted by Crippen LogP contribution is 2.20. The van der Waals surface area contributed by atoms with Gasteiger partial charge in [0.25, 0.3) is 0 Å². The van der Waals surface area contributed by atoms with Gasteiger partial charge < -0.3 is 4.74 Å². The van der Waals surface area contributed by atoms with Crippen molar-refractivity contribution < 1.29 is 13.2 Å². The van der Waals surface area contributed by atoms with Crippen molar-refractivity contribution in [1.29, 1.82) is 0 Å². The zero-order valence-electron chi connectivity index (χ0n) is 12.0. The van der Waals surface area contributed by atoms with Crippen LogP contribution in [0.5, 0.6) is 0 Å². The summed E-state index contributed by atoms with van der Waals surface area (Å²) < 4.78 is 30.9. The third kappa shape index (κ3) is 4.30. The Balaban J connectivity index is 1.70. The van der Waals surface area contributed by atoms with Gasteiger partial charge in [-0.05, 0) is 31.2 Å². The van der Waals surface area contributed by atoms with E-state index < -0.39 is 10.0 Å². The molecule has 1 saturated heterocycles. The molecule has 2 rings (SSSR count). The van der Waals surface area contributed by atoms with Crippen LogP contribution in [0.15, 0.2) is 30.3 Å². The average molecular weight is 297 g/mol. The van der Waals surface area contributed by atoms with Gasteiger partial charge in [0, 0.05) is 19.7 Å². The Morgan fingerprint density at radius 2 is 1.85 bits per heavy atom. The topological polar surface area (TPSA) is 46.6 Å². The molecule has 0 aromatic heterocycles. The molecule has 0 amide bonds. The lowest BCUT2D eigenvalue weighted by molar-refractivity contribution is 0.0688. The van der Waals surface area contributed by atoms with Crippen LogP contribution in [0, 0.1) is 5.92 Å². The normalized spacial score (nSPS) is 18.2. The van der Waals surface area contributed by atoms with E-state index in [0.29, 0.717) is 25.6 Å². The SMILES string of the molecule is CCS(=O)(=O)N1CCC(COCc2ccccc2)CC1. The van der Waals surface area contributed by atoms with Gasteiger partial charge in [-0.1, -0.05) is 30.3 Å². The van der Waals surface area contributed by atoms with Crippen LogP contribution in [0.3, 0.4) is 0 Å². The fraction of sp³-hybridized carbons (Fsp3) is 0.600. The van der Waals surface area contributed by atoms with E-state index >= 15 is 0 Å². The quantitative estimate of drug-likeness (QED) is 0.809. The predicted molar refractivity (Wildman–Crippen MR) is 79.9 cm³/mol. The lowest BCUT2D eigenvalue weighted by atomic mass is 9.99. The Morgan fingerprint density at radius 3 is 2.45 bits per heavy atom. The fourth-order valence-corrected chi connectivity index (χ4v) is 3.59. The number of piperidine rings is 1. The Labute approximate surface area is 121 Å². The lowest BCUT2D eigenvalue weighted by Gasteiger charge is -2.30. The molecule has 0 spiro atoms. The highest BCUT2D eigenvalue weighted by atomic mass is 32.2. The number of ether oxygens (including phenoxy) is 1. The van der Waals surface area contributed by atoms with Crippen LogP contribution in [0.4, 0.5) is 0 Å². The number of nitrogens with zero attached hydrogens (tertiary/aromatic N) is 1. The third-order valence-corrected chi connectivity index (χ3v) is 5.68. The summed E-state index contributed by atoms with van der Waals surface area (Å²) in [4.78, 5) is 0. The van der Waals surface area contributed by atoms with Crippen molar-refractivity contribution in [1.82, 2.24) is 4.31 Å². The van der Waals surface area contributed by atoms with Gasteiger partial charge in [0.1, 0.15) is 0 Å². The molecule has 4 nitrogen and oxygen atoms in total. The molecule has 1 heterocycles. The van der Waals surface area contributed by atoms with Crippen LogP contribution in [-0.4, -0.2) is 38.2 Å². The first-order valence-corrected chi connectivity index (χ1v) is 8.82. The summed E-state index contributed by atoms with van der Waals surface area (Å²) in [6.07, 6.45) is 1.79. The Morgan fingerprint density at radius 1 is 1.20 bits per heavy atom. The van der Waals surface area contributed by atoms with Crippen molar-refractivity contribution in [2.45, 2.75) is 26.4 Å². The maximum absolute atomic E-state index is 11.8. The molecule has 0 bridgehead atoms. The zero-order valence-corrected chi connectivity index (χ0v) is 12.8. The van der Waals surface area contributed by atoms with Gasteiger partial charge in [0.2, 0.25) is 10.0 Å². The van der Waals surface area contributed by atoms with Gasteiger partial charge in [0.15, 0.2) is 0 Å². The van der Waals surface area contributed by atoms with Gasteiger partial charge >= 0.3 is 0 Å². The summed E-state index contributed by atoms with van der Waals surface area (Å²) in [5.74, 6) is 0.671. The van der Waals surface area contributed by atoms with Gasteiger partial charge in [0.05, 0.1) is 12.4 Å². The first-order chi connectivity index (χ1) is 9.62. The second-order valence-electron chi connectivity index (χ2n) is 5.24. The van der Waals surface area contributed by atoms with E-state index in [2.05, 4.69) is 12.1 Å². The predicted octanol–water partition coefficient (Wildman–Crippen LogP) is 2.26. The Hall–Kier alpha value is -0.910. The Kier molecular flexibility index (Phi) is 5.57. The highest BCUT2D eigenvalue weighted by Gasteiger charge is 2.26. The largest absolute Gasteiger partial charge is 0.376 e. The summed E-state index contributed by atoms with van der Waals surface area (Å²) in [5.41, 5.74) is 1.18. The molecule has 1 aromatic carbocycles. The summed E-state index contributed by atoms with van der Waals surface area (Å²) in [6.45, 7) is 4.32. The third-order valence-electron chi connectivity index (χ3n) is 3.80. The molecule has 0 unspecified atom stereocenters. The monoisotopic (exact) mass is 297 g/mol. The number of rotatable bonds is 6. The van der Waals surface area contributed by atoms with Gasteiger partial charge in [-0.2, -0.15) is 0 Å². The van der Waals surface area contributed by atoms with Gasteiger partial charge in [-0.15, -0.1) is 0 Å². The van der Waals surface area contributed by atoms with Crippen LogP contribution in [-0.2, 0) is 21.4 Å². The molecular formula is C15H23NO3S. The van der Waals surface area contributed by atoms with Gasteiger partial charge in [-0.3, -0.25) is 0 Å². The standard InChI is InChI=1S/C15H23NO3S/c1-2-20(17,18)16-10-8-15(9-11-16)13-19-12-14-6-4-3-5-7-14/h3-7,15H,2,8-13H2,1H3.